The highest BCUT2D eigenvalue weighted by molar-refractivity contribution is 5.42. The fourth-order valence-corrected chi connectivity index (χ4v) is 2.87. The van der Waals surface area contributed by atoms with E-state index < -0.39 is 0 Å². The summed E-state index contributed by atoms with van der Waals surface area (Å²) in [5, 5.41) is 3.41. The van der Waals surface area contributed by atoms with Crippen molar-refractivity contribution in [3.8, 4) is 11.5 Å². The zero-order chi connectivity index (χ0) is 13.3. The van der Waals surface area contributed by atoms with Gasteiger partial charge in [0.05, 0.1) is 6.61 Å². The second-order valence-corrected chi connectivity index (χ2v) is 6.19. The second-order valence-electron chi connectivity index (χ2n) is 6.19. The van der Waals surface area contributed by atoms with E-state index >= 15 is 0 Å². The smallest absolute Gasteiger partial charge is 0.123 e. The molecule has 0 saturated carbocycles. The summed E-state index contributed by atoms with van der Waals surface area (Å²) >= 11 is 0. The van der Waals surface area contributed by atoms with E-state index in [2.05, 4.69) is 31.3 Å². The highest BCUT2D eigenvalue weighted by Gasteiger charge is 2.39. The van der Waals surface area contributed by atoms with Gasteiger partial charge < -0.3 is 14.8 Å². The molecule has 1 unspecified atom stereocenters. The number of benzene rings is 1. The first-order valence-electron chi connectivity index (χ1n) is 7.32. The highest BCUT2D eigenvalue weighted by Crippen LogP contribution is 2.38. The van der Waals surface area contributed by atoms with E-state index in [1.54, 1.807) is 0 Å². The van der Waals surface area contributed by atoms with Crippen molar-refractivity contribution in [2.45, 2.75) is 38.7 Å². The minimum absolute atomic E-state index is 0.0489. The Hall–Kier alpha value is -1.22. The molecule has 1 aromatic carbocycles. The molecule has 104 valence electrons. The zero-order valence-corrected chi connectivity index (χ0v) is 11.9. The maximum absolute atomic E-state index is 6.24. The average molecular weight is 261 g/mol. The fourth-order valence-electron chi connectivity index (χ4n) is 2.87. The second kappa shape index (κ2) is 5.04. The molecule has 1 atom stereocenters. The third-order valence-electron chi connectivity index (χ3n) is 4.00. The van der Waals surface area contributed by atoms with E-state index in [0.29, 0.717) is 5.92 Å². The summed E-state index contributed by atoms with van der Waals surface area (Å²) in [7, 11) is 0. The summed E-state index contributed by atoms with van der Waals surface area (Å²) in [4.78, 5) is 0. The first kappa shape index (κ1) is 12.8. The topological polar surface area (TPSA) is 30.5 Å². The standard InChI is InChI=1S/C16H23NO2/c1-12(2)10-18-14-3-4-15-13(9-14)5-6-16(19-15)7-8-17-11-16/h3-4,9,12,17H,5-8,10-11H2,1-2H3. The number of nitrogens with one attached hydrogen (secondary N) is 1. The van der Waals surface area contributed by atoms with E-state index in [-0.39, 0.29) is 5.60 Å². The molecule has 3 heteroatoms. The molecule has 1 aromatic rings. The molecule has 2 heterocycles. The molecule has 1 saturated heterocycles. The van der Waals surface area contributed by atoms with Gasteiger partial charge in [0.25, 0.3) is 0 Å². The predicted molar refractivity (Wildman–Crippen MR) is 75.9 cm³/mol. The Morgan fingerprint density at radius 1 is 1.37 bits per heavy atom. The van der Waals surface area contributed by atoms with Gasteiger partial charge in [0.15, 0.2) is 0 Å². The van der Waals surface area contributed by atoms with E-state index in [4.69, 9.17) is 9.47 Å². The van der Waals surface area contributed by atoms with Gasteiger partial charge in [-0.3, -0.25) is 0 Å². The van der Waals surface area contributed by atoms with Gasteiger partial charge in [-0.1, -0.05) is 13.8 Å². The molecular weight excluding hydrogens is 238 g/mol. The van der Waals surface area contributed by atoms with Crippen LogP contribution < -0.4 is 14.8 Å². The minimum atomic E-state index is 0.0489. The Morgan fingerprint density at radius 2 is 2.26 bits per heavy atom. The Morgan fingerprint density at radius 3 is 3.00 bits per heavy atom. The molecular formula is C16H23NO2. The number of fused-ring (bicyclic) bond motifs is 1. The van der Waals surface area contributed by atoms with Crippen LogP contribution in [0.2, 0.25) is 0 Å². The van der Waals surface area contributed by atoms with Gasteiger partial charge in [-0.15, -0.1) is 0 Å². The van der Waals surface area contributed by atoms with Crippen LogP contribution in [-0.2, 0) is 6.42 Å². The van der Waals surface area contributed by atoms with E-state index in [9.17, 15) is 0 Å². The summed E-state index contributed by atoms with van der Waals surface area (Å²) in [5.74, 6) is 2.57. The fraction of sp³-hybridized carbons (Fsp3) is 0.625. The zero-order valence-electron chi connectivity index (χ0n) is 11.9. The van der Waals surface area contributed by atoms with Crippen LogP contribution in [0.25, 0.3) is 0 Å². The van der Waals surface area contributed by atoms with Crippen LogP contribution in [-0.4, -0.2) is 25.3 Å². The molecule has 0 bridgehead atoms. The number of hydrogen-bond donors (Lipinski definition) is 1. The van der Waals surface area contributed by atoms with E-state index in [0.717, 1.165) is 50.5 Å². The van der Waals surface area contributed by atoms with Gasteiger partial charge in [-0.05, 0) is 49.1 Å². The molecule has 1 fully saturated rings. The number of ether oxygens (including phenoxy) is 2. The summed E-state index contributed by atoms with van der Waals surface area (Å²) in [6.07, 6.45) is 3.33. The lowest BCUT2D eigenvalue weighted by molar-refractivity contribution is 0.0662. The summed E-state index contributed by atoms with van der Waals surface area (Å²) in [6.45, 7) is 7.16. The molecule has 1 N–H and O–H groups in total. The molecule has 2 aliphatic rings. The van der Waals surface area contributed by atoms with E-state index in [1.807, 2.05) is 6.07 Å². The van der Waals surface area contributed by atoms with Crippen molar-refractivity contribution in [3.05, 3.63) is 23.8 Å². The SMILES string of the molecule is CC(C)COc1ccc2c(c1)CCC1(CCNC1)O2. The van der Waals surface area contributed by atoms with Crippen molar-refractivity contribution in [3.63, 3.8) is 0 Å². The van der Waals surface area contributed by atoms with Crippen LogP contribution in [0.15, 0.2) is 18.2 Å². The molecule has 19 heavy (non-hydrogen) atoms. The Labute approximate surface area is 115 Å². The Bertz CT molecular complexity index is 450. The van der Waals surface area contributed by atoms with Crippen molar-refractivity contribution in [1.29, 1.82) is 0 Å². The lowest BCUT2D eigenvalue weighted by Gasteiger charge is -2.35. The normalized spacial score (nSPS) is 25.4. The lowest BCUT2D eigenvalue weighted by Crippen LogP contribution is -2.41. The van der Waals surface area contributed by atoms with Crippen molar-refractivity contribution < 1.29 is 9.47 Å². The van der Waals surface area contributed by atoms with Crippen molar-refractivity contribution in [2.75, 3.05) is 19.7 Å². The molecule has 3 rings (SSSR count). The van der Waals surface area contributed by atoms with Crippen LogP contribution in [0.5, 0.6) is 11.5 Å². The number of hydrogen-bond acceptors (Lipinski definition) is 3. The highest BCUT2D eigenvalue weighted by atomic mass is 16.5. The van der Waals surface area contributed by atoms with Gasteiger partial charge in [-0.2, -0.15) is 0 Å². The van der Waals surface area contributed by atoms with Crippen molar-refractivity contribution in [2.24, 2.45) is 5.92 Å². The first-order valence-corrected chi connectivity index (χ1v) is 7.32. The molecule has 0 amide bonds. The van der Waals surface area contributed by atoms with Crippen LogP contribution >= 0.6 is 0 Å². The first-order chi connectivity index (χ1) is 9.17. The maximum atomic E-state index is 6.24. The number of aryl methyl sites for hydroxylation is 1. The summed E-state index contributed by atoms with van der Waals surface area (Å²) < 4.78 is 12.0. The molecule has 1 spiro atoms. The lowest BCUT2D eigenvalue weighted by atomic mass is 9.90. The average Bonchev–Trinajstić information content (AvgIpc) is 2.84. The Kier molecular flexibility index (Phi) is 3.40. The van der Waals surface area contributed by atoms with E-state index in [1.165, 1.54) is 5.56 Å². The van der Waals surface area contributed by atoms with Gasteiger partial charge in [-0.25, -0.2) is 0 Å². The predicted octanol–water partition coefficient (Wildman–Crippen LogP) is 2.78. The minimum Gasteiger partial charge on any atom is -0.493 e. The van der Waals surface area contributed by atoms with Crippen LogP contribution in [0.4, 0.5) is 0 Å². The largest absolute Gasteiger partial charge is 0.493 e. The quantitative estimate of drug-likeness (QED) is 0.907. The van der Waals surface area contributed by atoms with Gasteiger partial charge in [0, 0.05) is 13.0 Å². The van der Waals surface area contributed by atoms with Crippen LogP contribution in [0, 0.1) is 5.92 Å². The van der Waals surface area contributed by atoms with Crippen LogP contribution in [0.1, 0.15) is 32.3 Å². The molecule has 0 aliphatic carbocycles. The Balaban J connectivity index is 1.73. The van der Waals surface area contributed by atoms with Crippen molar-refractivity contribution in [1.82, 2.24) is 5.32 Å². The van der Waals surface area contributed by atoms with Gasteiger partial charge >= 0.3 is 0 Å². The summed E-state index contributed by atoms with van der Waals surface area (Å²) in [6, 6.07) is 6.25. The van der Waals surface area contributed by atoms with Gasteiger partial charge in [0.1, 0.15) is 17.1 Å². The van der Waals surface area contributed by atoms with Crippen molar-refractivity contribution >= 4 is 0 Å². The molecule has 3 nitrogen and oxygen atoms in total. The third-order valence-corrected chi connectivity index (χ3v) is 4.00. The monoisotopic (exact) mass is 261 g/mol. The summed E-state index contributed by atoms with van der Waals surface area (Å²) in [5.41, 5.74) is 1.34. The van der Waals surface area contributed by atoms with Crippen LogP contribution in [0.3, 0.4) is 0 Å². The maximum Gasteiger partial charge on any atom is 0.123 e. The van der Waals surface area contributed by atoms with Gasteiger partial charge in [0.2, 0.25) is 0 Å². The molecule has 0 radical (unpaired) electrons. The molecule has 0 aromatic heterocycles. The molecule has 2 aliphatic heterocycles. The number of rotatable bonds is 3. The third kappa shape index (κ3) is 2.71.